The maximum Gasteiger partial charge on any atom is 0.409 e. The molecule has 6 rings (SSSR count). The Morgan fingerprint density at radius 3 is 2.95 bits per heavy atom. The second-order valence-corrected chi connectivity index (χ2v) is 10.9. The van der Waals surface area contributed by atoms with Gasteiger partial charge in [0.15, 0.2) is 5.82 Å². The standard InChI is InChI=1S/C29H25F2N7O2S/c1-37(2)29(39)40-22-11-20(32-14-22)4-6-23-12-25-27(41-23)28(34-16-33-25)36-21-5-8-26-17(10-21)13-35-38(26)15-18-9-19(30)3-7-24(18)31/h3,5,7-10,12-13,16,20,22,32H,11,14-15H2,1-2H3,(H,33,34,36)/t20-,22-/m1/s1. The molecule has 2 N–H and O–H groups in total. The number of carbonyl (C=O) groups is 1. The third kappa shape index (κ3) is 5.82. The number of thiophene rings is 1. The van der Waals surface area contributed by atoms with Gasteiger partial charge in [0.1, 0.15) is 24.1 Å². The van der Waals surface area contributed by atoms with Crippen LogP contribution >= 0.6 is 11.3 Å². The SMILES string of the molecule is CN(C)C(=O)O[C@H]1CN[C@H](C#Cc2cc3ncnc(Nc4ccc5c(cnn5Cc5cc(F)ccc5F)c4)c3s2)C1. The third-order valence-electron chi connectivity index (χ3n) is 6.64. The first kappa shape index (κ1) is 26.6. The summed E-state index contributed by atoms with van der Waals surface area (Å²) in [6, 6.07) is 10.9. The molecule has 0 saturated carbocycles. The molecule has 3 aromatic heterocycles. The predicted molar refractivity (Wildman–Crippen MR) is 153 cm³/mol. The summed E-state index contributed by atoms with van der Waals surface area (Å²) in [6.45, 7) is 0.680. The largest absolute Gasteiger partial charge is 0.445 e. The number of carbonyl (C=O) groups excluding carboxylic acids is 1. The molecule has 4 heterocycles. The summed E-state index contributed by atoms with van der Waals surface area (Å²) < 4.78 is 35.7. The normalized spacial score (nSPS) is 16.5. The maximum atomic E-state index is 14.1. The minimum Gasteiger partial charge on any atom is -0.445 e. The fourth-order valence-electron chi connectivity index (χ4n) is 4.57. The van der Waals surface area contributed by atoms with Crippen molar-refractivity contribution in [2.45, 2.75) is 25.1 Å². The van der Waals surface area contributed by atoms with Crippen LogP contribution in [-0.2, 0) is 11.3 Å². The first-order chi connectivity index (χ1) is 19.8. The molecule has 1 aliphatic rings. The average Bonchev–Trinajstić information content (AvgIpc) is 3.68. The molecular formula is C29H25F2N7O2S. The number of hydrogen-bond acceptors (Lipinski definition) is 8. The molecule has 0 bridgehead atoms. The number of hydrogen-bond donors (Lipinski definition) is 2. The molecule has 208 valence electrons. The lowest BCUT2D eigenvalue weighted by atomic mass is 10.2. The molecule has 9 nitrogen and oxygen atoms in total. The molecule has 12 heteroatoms. The van der Waals surface area contributed by atoms with Crippen LogP contribution in [0, 0.1) is 23.5 Å². The molecular weight excluding hydrogens is 548 g/mol. The minimum atomic E-state index is -0.491. The number of halogens is 2. The number of ether oxygens (including phenoxy) is 1. The number of amides is 1. The lowest BCUT2D eigenvalue weighted by Gasteiger charge is -2.15. The molecule has 0 unspecified atom stereocenters. The summed E-state index contributed by atoms with van der Waals surface area (Å²) in [5.41, 5.74) is 2.59. The summed E-state index contributed by atoms with van der Waals surface area (Å²) in [5, 5.41) is 11.9. The van der Waals surface area contributed by atoms with E-state index >= 15 is 0 Å². The van der Waals surface area contributed by atoms with Gasteiger partial charge in [-0.15, -0.1) is 11.3 Å². The molecule has 41 heavy (non-hydrogen) atoms. The van der Waals surface area contributed by atoms with Gasteiger partial charge in [-0.05, 0) is 42.5 Å². The van der Waals surface area contributed by atoms with Crippen LogP contribution in [0.5, 0.6) is 0 Å². The molecule has 1 saturated heterocycles. The molecule has 1 fully saturated rings. The first-order valence-electron chi connectivity index (χ1n) is 12.9. The number of nitrogens with one attached hydrogen (secondary N) is 2. The quantitative estimate of drug-likeness (QED) is 0.289. The third-order valence-corrected chi connectivity index (χ3v) is 7.68. The van der Waals surface area contributed by atoms with E-state index < -0.39 is 11.6 Å². The van der Waals surface area contributed by atoms with Crippen molar-refractivity contribution in [1.29, 1.82) is 0 Å². The van der Waals surface area contributed by atoms with Gasteiger partial charge < -0.3 is 15.0 Å². The van der Waals surface area contributed by atoms with E-state index in [4.69, 9.17) is 4.74 Å². The van der Waals surface area contributed by atoms with E-state index in [2.05, 4.69) is 37.5 Å². The molecule has 1 aliphatic heterocycles. The van der Waals surface area contributed by atoms with Crippen LogP contribution in [0.1, 0.15) is 16.9 Å². The molecule has 0 spiro atoms. The van der Waals surface area contributed by atoms with Crippen LogP contribution in [0.2, 0.25) is 0 Å². The number of nitrogens with zero attached hydrogens (tertiary/aromatic N) is 5. The highest BCUT2D eigenvalue weighted by Crippen LogP contribution is 2.31. The van der Waals surface area contributed by atoms with Crippen molar-refractivity contribution in [2.75, 3.05) is 26.0 Å². The number of anilines is 2. The van der Waals surface area contributed by atoms with Crippen molar-refractivity contribution in [1.82, 2.24) is 30.0 Å². The Labute approximate surface area is 238 Å². The number of rotatable bonds is 5. The highest BCUT2D eigenvalue weighted by Gasteiger charge is 2.26. The van der Waals surface area contributed by atoms with Gasteiger partial charge in [-0.3, -0.25) is 10.00 Å². The zero-order valence-electron chi connectivity index (χ0n) is 22.2. The average molecular weight is 574 g/mol. The molecule has 0 aliphatic carbocycles. The fourth-order valence-corrected chi connectivity index (χ4v) is 5.48. The summed E-state index contributed by atoms with van der Waals surface area (Å²) in [4.78, 5) is 22.9. The lowest BCUT2D eigenvalue weighted by molar-refractivity contribution is 0.0826. The number of benzene rings is 2. The smallest absolute Gasteiger partial charge is 0.409 e. The van der Waals surface area contributed by atoms with Crippen LogP contribution < -0.4 is 10.6 Å². The van der Waals surface area contributed by atoms with E-state index in [9.17, 15) is 13.6 Å². The Bertz CT molecular complexity index is 1820. The summed E-state index contributed by atoms with van der Waals surface area (Å²) in [7, 11) is 3.31. The van der Waals surface area contributed by atoms with Crippen molar-refractivity contribution in [2.24, 2.45) is 0 Å². The second-order valence-electron chi connectivity index (χ2n) is 9.85. The van der Waals surface area contributed by atoms with E-state index in [1.165, 1.54) is 28.6 Å². The molecule has 1 amide bonds. The molecule has 2 aromatic carbocycles. The highest BCUT2D eigenvalue weighted by molar-refractivity contribution is 7.20. The van der Waals surface area contributed by atoms with Crippen LogP contribution in [0.15, 0.2) is 55.0 Å². The molecule has 0 radical (unpaired) electrons. The van der Waals surface area contributed by atoms with Gasteiger partial charge in [-0.1, -0.05) is 11.8 Å². The lowest BCUT2D eigenvalue weighted by Crippen LogP contribution is -2.29. The highest BCUT2D eigenvalue weighted by atomic mass is 32.1. The Morgan fingerprint density at radius 1 is 1.22 bits per heavy atom. The van der Waals surface area contributed by atoms with Crippen LogP contribution in [0.4, 0.5) is 25.1 Å². The van der Waals surface area contributed by atoms with Crippen molar-refractivity contribution < 1.29 is 18.3 Å². The Kier molecular flexibility index (Phi) is 7.21. The van der Waals surface area contributed by atoms with Crippen LogP contribution in [-0.4, -0.2) is 63.5 Å². The summed E-state index contributed by atoms with van der Waals surface area (Å²) >= 11 is 1.49. The van der Waals surface area contributed by atoms with Gasteiger partial charge in [0.25, 0.3) is 0 Å². The minimum absolute atomic E-state index is 0.0751. The zero-order chi connectivity index (χ0) is 28.5. The molecule has 2 atom stereocenters. The predicted octanol–water partition coefficient (Wildman–Crippen LogP) is 4.89. The van der Waals surface area contributed by atoms with E-state index in [1.54, 1.807) is 25.0 Å². The monoisotopic (exact) mass is 573 g/mol. The van der Waals surface area contributed by atoms with Gasteiger partial charge in [-0.25, -0.2) is 23.5 Å². The summed E-state index contributed by atoms with van der Waals surface area (Å²) in [6.07, 6.45) is 3.25. The second kappa shape index (κ2) is 11.1. The van der Waals surface area contributed by atoms with Gasteiger partial charge >= 0.3 is 6.09 Å². The van der Waals surface area contributed by atoms with Crippen molar-refractivity contribution in [3.05, 3.63) is 77.1 Å². The van der Waals surface area contributed by atoms with Gasteiger partial charge in [0.05, 0.1) is 39.4 Å². The van der Waals surface area contributed by atoms with E-state index in [0.29, 0.717) is 18.8 Å². The molecule has 5 aromatic rings. The van der Waals surface area contributed by atoms with Gasteiger partial charge in [0, 0.05) is 43.7 Å². The van der Waals surface area contributed by atoms with Crippen molar-refractivity contribution in [3.8, 4) is 11.8 Å². The Balaban J connectivity index is 1.17. The fraction of sp³-hybridized carbons (Fsp3) is 0.241. The Hall–Kier alpha value is -4.60. The summed E-state index contributed by atoms with van der Waals surface area (Å²) in [5.74, 6) is 6.13. The Morgan fingerprint density at radius 2 is 2.10 bits per heavy atom. The van der Waals surface area contributed by atoms with E-state index in [0.717, 1.165) is 43.8 Å². The van der Waals surface area contributed by atoms with Crippen molar-refractivity contribution >= 4 is 50.1 Å². The maximum absolute atomic E-state index is 14.1. The number of aromatic nitrogens is 4. The topological polar surface area (TPSA) is 97.2 Å². The van der Waals surface area contributed by atoms with E-state index in [1.807, 2.05) is 24.3 Å². The van der Waals surface area contributed by atoms with Crippen LogP contribution in [0.3, 0.4) is 0 Å². The van der Waals surface area contributed by atoms with E-state index in [-0.39, 0.29) is 30.3 Å². The van der Waals surface area contributed by atoms with Gasteiger partial charge in [-0.2, -0.15) is 5.10 Å². The first-order valence-corrected chi connectivity index (χ1v) is 13.7. The zero-order valence-corrected chi connectivity index (χ0v) is 23.0. The van der Waals surface area contributed by atoms with Crippen LogP contribution in [0.25, 0.3) is 21.1 Å². The number of fused-ring (bicyclic) bond motifs is 2. The van der Waals surface area contributed by atoms with Crippen molar-refractivity contribution in [3.63, 3.8) is 0 Å². The van der Waals surface area contributed by atoms with Gasteiger partial charge in [0.2, 0.25) is 0 Å².